The Kier molecular flexibility index (Phi) is 47.1. The summed E-state index contributed by atoms with van der Waals surface area (Å²) in [6, 6.07) is 12.5. The molecular formula is C23H41MoNS2. The number of nitrogens with two attached hydrogens (primary N) is 1. The quantitative estimate of drug-likeness (QED) is 0.120. The van der Waals surface area contributed by atoms with Crippen LogP contribution in [0.25, 0.3) is 0 Å². The van der Waals surface area contributed by atoms with Gasteiger partial charge in [0, 0.05) is 0 Å². The van der Waals surface area contributed by atoms with Gasteiger partial charge in [0.2, 0.25) is 0 Å². The van der Waals surface area contributed by atoms with Gasteiger partial charge in [0.05, 0.1) is 0 Å². The van der Waals surface area contributed by atoms with Crippen molar-refractivity contribution in [3.05, 3.63) is 50.2 Å². The van der Waals surface area contributed by atoms with Crippen LogP contribution in [-0.4, -0.2) is 4.32 Å². The van der Waals surface area contributed by atoms with Crippen LogP contribution in [0, 0.1) is 19.9 Å². The van der Waals surface area contributed by atoms with Gasteiger partial charge < -0.3 is 44.4 Å². The summed E-state index contributed by atoms with van der Waals surface area (Å²) in [6.07, 6.45) is 16.0. The standard InChI is InChI=1S/2C8H17.C6H5.CH3NS2.Mo/c2*1-3-5-7-8-6-4-2;1-2-4-6-5-3-1;2-1(3)4;/h2*1,3-8H2,2H3;1-5H;(H3,2,3,4);/q3*-1;;+4/p-1. The molecule has 27 heavy (non-hydrogen) atoms. The summed E-state index contributed by atoms with van der Waals surface area (Å²) >= 11 is 8.26. The van der Waals surface area contributed by atoms with Crippen molar-refractivity contribution in [2.45, 2.75) is 90.9 Å². The van der Waals surface area contributed by atoms with Gasteiger partial charge in [-0.05, 0) is 0 Å². The third-order valence-corrected chi connectivity index (χ3v) is 3.31. The van der Waals surface area contributed by atoms with Gasteiger partial charge >= 0.3 is 21.1 Å². The van der Waals surface area contributed by atoms with Gasteiger partial charge in [0.25, 0.3) is 0 Å². The van der Waals surface area contributed by atoms with Gasteiger partial charge in [-0.15, -0.1) is 0 Å². The van der Waals surface area contributed by atoms with Crippen LogP contribution in [0.3, 0.4) is 0 Å². The van der Waals surface area contributed by atoms with Gasteiger partial charge in [-0.3, -0.25) is 0 Å². The molecule has 0 amide bonds. The second kappa shape index (κ2) is 36.9. The Labute approximate surface area is 196 Å². The summed E-state index contributed by atoms with van der Waals surface area (Å²) in [5, 5.41) is 0. The maximum Gasteiger partial charge on any atom is 4.00 e. The molecule has 1 aromatic carbocycles. The number of thiocarbonyl (C=S) groups is 1. The van der Waals surface area contributed by atoms with Crippen molar-refractivity contribution >= 4 is 29.2 Å². The number of unbranched alkanes of at least 4 members (excludes halogenated alkanes) is 10. The largest absolute Gasteiger partial charge is 4.00 e. The van der Waals surface area contributed by atoms with Gasteiger partial charge in [-0.1, -0.05) is 82.4 Å². The van der Waals surface area contributed by atoms with E-state index in [0.29, 0.717) is 0 Å². The molecule has 0 atom stereocenters. The van der Waals surface area contributed by atoms with Crippen LogP contribution in [0.5, 0.6) is 0 Å². The smallest absolute Gasteiger partial charge is 0.415 e. The van der Waals surface area contributed by atoms with Crippen molar-refractivity contribution in [2.24, 2.45) is 5.73 Å². The minimum absolute atomic E-state index is 0. The molecule has 0 spiro atoms. The SMILES string of the molecule is NC(=S)[S-].[CH2-]CCCCCCC.[CH2-]CCCCCCC.[Mo+4].[c-]1ccccc1. The fourth-order valence-corrected chi connectivity index (χ4v) is 1.90. The minimum atomic E-state index is 0. The molecule has 0 radical (unpaired) electrons. The molecule has 0 unspecified atom stereocenters. The number of benzene rings is 1. The predicted octanol–water partition coefficient (Wildman–Crippen LogP) is 7.62. The van der Waals surface area contributed by atoms with Crippen LogP contribution >= 0.6 is 12.2 Å². The van der Waals surface area contributed by atoms with Crippen molar-refractivity contribution in [3.8, 4) is 0 Å². The zero-order chi connectivity index (χ0) is 20.3. The molecule has 0 aliphatic heterocycles. The van der Waals surface area contributed by atoms with Crippen molar-refractivity contribution in [1.82, 2.24) is 0 Å². The monoisotopic (exact) mass is 493 g/mol. The molecule has 0 fully saturated rings. The third-order valence-electron chi connectivity index (χ3n) is 3.31. The molecule has 2 N–H and O–H groups in total. The number of hydrogen-bond donors (Lipinski definition) is 1. The van der Waals surface area contributed by atoms with Gasteiger partial charge in [-0.2, -0.15) is 49.2 Å². The van der Waals surface area contributed by atoms with E-state index in [9.17, 15) is 0 Å². The molecule has 0 aromatic heterocycles. The van der Waals surface area contributed by atoms with E-state index in [1.807, 2.05) is 30.3 Å². The molecule has 0 saturated carbocycles. The Morgan fingerprint density at radius 1 is 0.815 bits per heavy atom. The number of rotatable bonds is 10. The molecular weight excluding hydrogens is 450 g/mol. The topological polar surface area (TPSA) is 26.0 Å². The molecule has 0 aliphatic carbocycles. The van der Waals surface area contributed by atoms with Crippen LogP contribution in [-0.2, 0) is 33.7 Å². The van der Waals surface area contributed by atoms with Crippen molar-refractivity contribution in [1.29, 1.82) is 0 Å². The summed E-state index contributed by atoms with van der Waals surface area (Å²) in [7, 11) is 0. The molecule has 0 heterocycles. The second-order valence-corrected chi connectivity index (χ2v) is 7.07. The molecule has 0 aliphatic rings. The predicted molar refractivity (Wildman–Crippen MR) is 127 cm³/mol. The van der Waals surface area contributed by atoms with Crippen LogP contribution < -0.4 is 5.73 Å². The molecule has 1 aromatic rings. The molecule has 0 bridgehead atoms. The Bertz CT molecular complexity index is 280. The van der Waals surface area contributed by atoms with Crippen LogP contribution in [0.15, 0.2) is 30.3 Å². The third kappa shape index (κ3) is 58.5. The Hall–Kier alpha value is 0.0183. The summed E-state index contributed by atoms with van der Waals surface area (Å²) in [5.74, 6) is 0. The molecule has 156 valence electrons. The Morgan fingerprint density at radius 3 is 1.33 bits per heavy atom. The summed E-state index contributed by atoms with van der Waals surface area (Å²) < 4.78 is 0.0833. The second-order valence-electron chi connectivity index (χ2n) is 5.93. The van der Waals surface area contributed by atoms with E-state index in [-0.39, 0.29) is 25.4 Å². The summed E-state index contributed by atoms with van der Waals surface area (Å²) in [5.41, 5.74) is 4.66. The van der Waals surface area contributed by atoms with E-state index >= 15 is 0 Å². The Balaban J connectivity index is -0.000000133. The first-order valence-corrected chi connectivity index (χ1v) is 10.8. The molecule has 4 heteroatoms. The van der Waals surface area contributed by atoms with E-state index in [1.54, 1.807) is 0 Å². The van der Waals surface area contributed by atoms with Crippen LogP contribution in [0.4, 0.5) is 0 Å². The fourth-order valence-electron chi connectivity index (χ4n) is 1.90. The average molecular weight is 492 g/mol. The van der Waals surface area contributed by atoms with Crippen molar-refractivity contribution in [2.75, 3.05) is 0 Å². The summed E-state index contributed by atoms with van der Waals surface area (Å²) in [6.45, 7) is 12.0. The first kappa shape index (κ1) is 34.5. The Morgan fingerprint density at radius 2 is 1.15 bits per heavy atom. The van der Waals surface area contributed by atoms with Crippen LogP contribution in [0.1, 0.15) is 90.9 Å². The number of hydrogen-bond acceptors (Lipinski definition) is 2. The van der Waals surface area contributed by atoms with Gasteiger partial charge in [0.15, 0.2) is 0 Å². The normalized spacial score (nSPS) is 8.44. The molecule has 0 saturated heterocycles. The maximum absolute atomic E-state index is 4.66. The fraction of sp³-hybridized carbons (Fsp3) is 0.609. The molecule has 1 nitrogen and oxygen atoms in total. The minimum Gasteiger partial charge on any atom is -0.415 e. The van der Waals surface area contributed by atoms with E-state index in [1.165, 1.54) is 64.2 Å². The van der Waals surface area contributed by atoms with Gasteiger partial charge in [-0.25, -0.2) is 0 Å². The van der Waals surface area contributed by atoms with Crippen LogP contribution in [0.2, 0.25) is 0 Å². The van der Waals surface area contributed by atoms with E-state index in [2.05, 4.69) is 64.3 Å². The zero-order valence-corrected chi connectivity index (χ0v) is 21.2. The first-order chi connectivity index (χ1) is 12.6. The zero-order valence-electron chi connectivity index (χ0n) is 17.6. The van der Waals surface area contributed by atoms with Gasteiger partial charge in [0.1, 0.15) is 0 Å². The average Bonchev–Trinajstić information content (AvgIpc) is 2.65. The van der Waals surface area contributed by atoms with E-state index in [4.69, 9.17) is 0 Å². The van der Waals surface area contributed by atoms with Crippen molar-refractivity contribution < 1.29 is 21.1 Å². The van der Waals surface area contributed by atoms with Crippen molar-refractivity contribution in [3.63, 3.8) is 0 Å². The van der Waals surface area contributed by atoms with E-state index in [0.717, 1.165) is 12.8 Å². The molecule has 1 rings (SSSR count). The maximum atomic E-state index is 4.66. The van der Waals surface area contributed by atoms with E-state index < -0.39 is 0 Å². The summed E-state index contributed by atoms with van der Waals surface area (Å²) in [4.78, 5) is 0. The first-order valence-electron chi connectivity index (χ1n) is 10.0.